The van der Waals surface area contributed by atoms with Gasteiger partial charge in [-0.05, 0) is 26.3 Å². The van der Waals surface area contributed by atoms with Crippen molar-refractivity contribution in [2.24, 2.45) is 0 Å². The molecule has 3 rings (SSSR count). The fraction of sp³-hybridized carbons (Fsp3) is 0.250. The Morgan fingerprint density at radius 3 is 2.67 bits per heavy atom. The SMILES string of the molecule is Cc1nsc(NC(=O)c2sc3nnc(C)c(C)c3c2N)n1. The molecule has 0 fully saturated rings. The van der Waals surface area contributed by atoms with Crippen molar-refractivity contribution in [2.45, 2.75) is 20.8 Å². The summed E-state index contributed by atoms with van der Waals surface area (Å²) in [5.41, 5.74) is 8.30. The number of rotatable bonds is 2. The number of anilines is 2. The molecule has 0 unspecified atom stereocenters. The Balaban J connectivity index is 2.02. The van der Waals surface area contributed by atoms with Crippen LogP contribution in [0.5, 0.6) is 0 Å². The van der Waals surface area contributed by atoms with Gasteiger partial charge in [0.05, 0.1) is 11.4 Å². The Bertz CT molecular complexity index is 853. The molecule has 108 valence electrons. The molecule has 0 aliphatic carbocycles. The summed E-state index contributed by atoms with van der Waals surface area (Å²) in [4.78, 5) is 17.5. The number of carbonyl (C=O) groups is 1. The van der Waals surface area contributed by atoms with E-state index in [0.717, 1.165) is 28.2 Å². The number of fused-ring (bicyclic) bond motifs is 1. The molecule has 3 heterocycles. The van der Waals surface area contributed by atoms with Crippen molar-refractivity contribution in [3.8, 4) is 0 Å². The summed E-state index contributed by atoms with van der Waals surface area (Å²) in [7, 11) is 0. The van der Waals surface area contributed by atoms with Crippen LogP contribution in [0.2, 0.25) is 0 Å². The zero-order chi connectivity index (χ0) is 15.1. The maximum atomic E-state index is 12.3. The van der Waals surface area contributed by atoms with E-state index in [0.29, 0.717) is 26.4 Å². The minimum atomic E-state index is -0.302. The molecule has 3 N–H and O–H groups in total. The topological polar surface area (TPSA) is 107 Å². The van der Waals surface area contributed by atoms with Crippen LogP contribution in [0.3, 0.4) is 0 Å². The zero-order valence-corrected chi connectivity index (χ0v) is 13.2. The average molecular weight is 320 g/mol. The smallest absolute Gasteiger partial charge is 0.269 e. The van der Waals surface area contributed by atoms with E-state index in [2.05, 4.69) is 24.9 Å². The summed E-state index contributed by atoms with van der Waals surface area (Å²) in [5, 5.41) is 12.1. The molecular weight excluding hydrogens is 308 g/mol. The van der Waals surface area contributed by atoms with E-state index in [1.807, 2.05) is 13.8 Å². The second-order valence-corrected chi connectivity index (χ2v) is 6.29. The number of nitrogens with two attached hydrogens (primary N) is 1. The van der Waals surface area contributed by atoms with E-state index in [1.165, 1.54) is 11.3 Å². The lowest BCUT2D eigenvalue weighted by molar-refractivity contribution is 0.103. The van der Waals surface area contributed by atoms with Gasteiger partial charge >= 0.3 is 0 Å². The number of aromatic nitrogens is 4. The molecule has 3 aromatic heterocycles. The van der Waals surface area contributed by atoms with E-state index in [9.17, 15) is 4.79 Å². The molecule has 1 amide bonds. The van der Waals surface area contributed by atoms with Crippen LogP contribution in [-0.4, -0.2) is 25.5 Å². The first-order valence-electron chi connectivity index (χ1n) is 6.11. The molecule has 0 radical (unpaired) electrons. The van der Waals surface area contributed by atoms with Gasteiger partial charge in [0.2, 0.25) is 5.13 Å². The number of thiophene rings is 1. The molecular formula is C12H12N6OS2. The lowest BCUT2D eigenvalue weighted by Gasteiger charge is -2.01. The third kappa shape index (κ3) is 2.34. The molecule has 3 aromatic rings. The fourth-order valence-corrected chi connectivity index (χ4v) is 3.48. The van der Waals surface area contributed by atoms with E-state index >= 15 is 0 Å². The molecule has 0 saturated carbocycles. The first kappa shape index (κ1) is 13.8. The van der Waals surface area contributed by atoms with Gasteiger partial charge in [-0.1, -0.05) is 0 Å². The van der Waals surface area contributed by atoms with Crippen LogP contribution in [0.15, 0.2) is 0 Å². The van der Waals surface area contributed by atoms with Crippen LogP contribution < -0.4 is 11.1 Å². The van der Waals surface area contributed by atoms with Crippen molar-refractivity contribution in [1.29, 1.82) is 0 Å². The number of nitrogens with one attached hydrogen (secondary N) is 1. The summed E-state index contributed by atoms with van der Waals surface area (Å²) < 4.78 is 4.02. The first-order valence-corrected chi connectivity index (χ1v) is 7.70. The molecule has 0 spiro atoms. The monoisotopic (exact) mass is 320 g/mol. The van der Waals surface area contributed by atoms with Gasteiger partial charge < -0.3 is 5.73 Å². The molecule has 0 aromatic carbocycles. The number of nitrogen functional groups attached to an aromatic ring is 1. The molecule has 0 atom stereocenters. The summed E-state index contributed by atoms with van der Waals surface area (Å²) in [6.45, 7) is 5.55. The van der Waals surface area contributed by atoms with Gasteiger partial charge in [0.1, 0.15) is 15.5 Å². The molecule has 9 heteroatoms. The van der Waals surface area contributed by atoms with Crippen molar-refractivity contribution in [3.63, 3.8) is 0 Å². The molecule has 0 saturated heterocycles. The summed E-state index contributed by atoms with van der Waals surface area (Å²) in [6, 6.07) is 0. The molecule has 0 aliphatic heterocycles. The van der Waals surface area contributed by atoms with Gasteiger partial charge in [-0.2, -0.15) is 9.47 Å². The average Bonchev–Trinajstić information content (AvgIpc) is 2.98. The molecule has 21 heavy (non-hydrogen) atoms. The van der Waals surface area contributed by atoms with Crippen molar-refractivity contribution in [3.05, 3.63) is 22.0 Å². The van der Waals surface area contributed by atoms with Crippen LogP contribution in [0.4, 0.5) is 10.8 Å². The first-order chi connectivity index (χ1) is 9.97. The van der Waals surface area contributed by atoms with Crippen molar-refractivity contribution >= 4 is 49.8 Å². The molecule has 0 bridgehead atoms. The zero-order valence-electron chi connectivity index (χ0n) is 11.6. The van der Waals surface area contributed by atoms with Gasteiger partial charge in [0, 0.05) is 16.9 Å². The quantitative estimate of drug-likeness (QED) is 0.750. The fourth-order valence-electron chi connectivity index (χ4n) is 1.91. The number of carbonyl (C=O) groups excluding carboxylic acids is 1. The van der Waals surface area contributed by atoms with Gasteiger partial charge in [0.25, 0.3) is 5.91 Å². The van der Waals surface area contributed by atoms with E-state index in [-0.39, 0.29) is 5.91 Å². The number of hydrogen-bond acceptors (Lipinski definition) is 8. The Kier molecular flexibility index (Phi) is 3.30. The molecule has 0 aliphatic rings. The van der Waals surface area contributed by atoms with Crippen LogP contribution in [0.25, 0.3) is 10.2 Å². The highest BCUT2D eigenvalue weighted by atomic mass is 32.1. The Morgan fingerprint density at radius 2 is 2.00 bits per heavy atom. The number of aryl methyl sites for hydroxylation is 3. The second-order valence-electron chi connectivity index (χ2n) is 4.54. The van der Waals surface area contributed by atoms with Crippen LogP contribution >= 0.6 is 22.9 Å². The maximum Gasteiger partial charge on any atom is 0.269 e. The predicted octanol–water partition coefficient (Wildman–Crippen LogP) is 2.30. The number of hydrogen-bond donors (Lipinski definition) is 2. The third-order valence-electron chi connectivity index (χ3n) is 3.09. The van der Waals surface area contributed by atoms with Gasteiger partial charge in [0.15, 0.2) is 0 Å². The maximum absolute atomic E-state index is 12.3. The summed E-state index contributed by atoms with van der Waals surface area (Å²) in [6.07, 6.45) is 0. The van der Waals surface area contributed by atoms with Crippen molar-refractivity contribution in [2.75, 3.05) is 11.1 Å². The van der Waals surface area contributed by atoms with Crippen LogP contribution in [-0.2, 0) is 0 Å². The Labute approximate surface area is 128 Å². The van der Waals surface area contributed by atoms with E-state index in [4.69, 9.17) is 5.73 Å². The number of amides is 1. The van der Waals surface area contributed by atoms with Gasteiger partial charge in [-0.3, -0.25) is 10.1 Å². The van der Waals surface area contributed by atoms with E-state index < -0.39 is 0 Å². The normalized spacial score (nSPS) is 11.0. The number of nitrogens with zero attached hydrogens (tertiary/aromatic N) is 4. The largest absolute Gasteiger partial charge is 0.397 e. The van der Waals surface area contributed by atoms with Gasteiger partial charge in [-0.25, -0.2) is 4.98 Å². The van der Waals surface area contributed by atoms with Crippen LogP contribution in [0, 0.1) is 20.8 Å². The Morgan fingerprint density at radius 1 is 1.24 bits per heavy atom. The predicted molar refractivity (Wildman–Crippen MR) is 83.9 cm³/mol. The van der Waals surface area contributed by atoms with Crippen molar-refractivity contribution < 1.29 is 4.79 Å². The standard InChI is InChI=1S/C12H12N6OS2/c1-4-5(2)16-17-11-7(4)8(13)9(20-11)10(19)15-12-14-6(3)18-21-12/h13H2,1-3H3,(H,14,15,18,19). The molecule has 7 nitrogen and oxygen atoms in total. The van der Waals surface area contributed by atoms with Gasteiger partial charge in [-0.15, -0.1) is 16.4 Å². The minimum Gasteiger partial charge on any atom is -0.397 e. The highest BCUT2D eigenvalue weighted by Crippen LogP contribution is 2.35. The van der Waals surface area contributed by atoms with Crippen LogP contribution in [0.1, 0.15) is 26.8 Å². The summed E-state index contributed by atoms with van der Waals surface area (Å²) >= 11 is 2.36. The van der Waals surface area contributed by atoms with Crippen molar-refractivity contribution in [1.82, 2.24) is 19.6 Å². The minimum absolute atomic E-state index is 0.302. The lowest BCUT2D eigenvalue weighted by Crippen LogP contribution is -2.11. The highest BCUT2D eigenvalue weighted by molar-refractivity contribution is 7.21. The second kappa shape index (κ2) is 5.01. The third-order valence-corrected chi connectivity index (χ3v) is 4.90. The Hall–Kier alpha value is -2.13. The highest BCUT2D eigenvalue weighted by Gasteiger charge is 2.20. The van der Waals surface area contributed by atoms with E-state index in [1.54, 1.807) is 6.92 Å². The summed E-state index contributed by atoms with van der Waals surface area (Å²) in [5.74, 6) is 0.320. The lowest BCUT2D eigenvalue weighted by atomic mass is 10.1.